The molecule has 0 bridgehead atoms. The predicted molar refractivity (Wildman–Crippen MR) is 114 cm³/mol. The van der Waals surface area contributed by atoms with Crippen LogP contribution in [0.3, 0.4) is 0 Å². The Balaban J connectivity index is 1.80. The van der Waals surface area contributed by atoms with Gasteiger partial charge in [0, 0.05) is 12.1 Å². The number of ether oxygens (including phenoxy) is 1. The summed E-state index contributed by atoms with van der Waals surface area (Å²) in [6, 6.07) is 15.8. The average molecular weight is 391 g/mol. The summed E-state index contributed by atoms with van der Waals surface area (Å²) in [4.78, 5) is 10.4. The second kappa shape index (κ2) is 8.35. The van der Waals surface area contributed by atoms with Gasteiger partial charge in [-0.1, -0.05) is 19.1 Å². The molecule has 5 heteroatoms. The molecule has 150 valence electrons. The van der Waals surface area contributed by atoms with E-state index in [2.05, 4.69) is 19.9 Å². The van der Waals surface area contributed by atoms with Crippen molar-refractivity contribution in [3.8, 4) is 17.2 Å². The predicted octanol–water partition coefficient (Wildman–Crippen LogP) is 6.36. The Hall–Kier alpha value is -3.34. The minimum Gasteiger partial charge on any atom is -0.508 e. The molecule has 5 nitrogen and oxygen atoms in total. The van der Waals surface area contributed by atoms with E-state index in [1.54, 1.807) is 24.3 Å². The van der Waals surface area contributed by atoms with Crippen LogP contribution in [0.15, 0.2) is 54.6 Å². The fourth-order valence-electron chi connectivity index (χ4n) is 3.56. The number of phenols is 1. The normalized spacial score (nSPS) is 11.9. The molecule has 3 aromatic carbocycles. The summed E-state index contributed by atoms with van der Waals surface area (Å²) < 4.78 is 5.96. The second-order valence-electron chi connectivity index (χ2n) is 7.54. The lowest BCUT2D eigenvalue weighted by atomic mass is 9.88. The molecule has 0 radical (unpaired) electrons. The first kappa shape index (κ1) is 20.4. The Morgan fingerprint density at radius 1 is 0.966 bits per heavy atom. The molecule has 3 rings (SSSR count). The number of rotatable bonds is 6. The van der Waals surface area contributed by atoms with Crippen LogP contribution in [0.25, 0.3) is 0 Å². The van der Waals surface area contributed by atoms with E-state index in [9.17, 15) is 15.2 Å². The zero-order valence-corrected chi connectivity index (χ0v) is 17.1. The molecule has 0 fully saturated rings. The molecule has 0 aliphatic heterocycles. The molecule has 0 aliphatic rings. The van der Waals surface area contributed by atoms with Gasteiger partial charge in [0.2, 0.25) is 0 Å². The topological polar surface area (TPSA) is 72.6 Å². The molecule has 1 N–H and O–H groups in total. The number of hydrogen-bond acceptors (Lipinski definition) is 4. The number of hydrogen-bond donors (Lipinski definition) is 1. The number of benzene rings is 3. The highest BCUT2D eigenvalue weighted by molar-refractivity contribution is 5.46. The third-order valence-electron chi connectivity index (χ3n) is 5.22. The Bertz CT molecular complexity index is 1040. The lowest BCUT2D eigenvalue weighted by molar-refractivity contribution is -0.384. The minimum atomic E-state index is -0.425. The molecule has 0 aliphatic carbocycles. The van der Waals surface area contributed by atoms with Gasteiger partial charge in [-0.25, -0.2) is 0 Å². The fraction of sp³-hybridized carbons (Fsp3) is 0.250. The summed E-state index contributed by atoms with van der Waals surface area (Å²) in [6.45, 7) is 8.28. The molecular formula is C24H25NO4. The van der Waals surface area contributed by atoms with Crippen molar-refractivity contribution in [2.75, 3.05) is 0 Å². The van der Waals surface area contributed by atoms with Crippen LogP contribution in [0, 0.1) is 30.9 Å². The zero-order chi connectivity index (χ0) is 21.1. The van der Waals surface area contributed by atoms with E-state index >= 15 is 0 Å². The van der Waals surface area contributed by atoms with Gasteiger partial charge < -0.3 is 9.84 Å². The Morgan fingerprint density at radius 2 is 1.66 bits per heavy atom. The van der Waals surface area contributed by atoms with Crippen molar-refractivity contribution in [2.45, 2.75) is 40.0 Å². The Morgan fingerprint density at radius 3 is 2.28 bits per heavy atom. The van der Waals surface area contributed by atoms with Crippen LogP contribution in [0.5, 0.6) is 17.2 Å². The van der Waals surface area contributed by atoms with E-state index < -0.39 is 4.92 Å². The molecule has 1 atom stereocenters. The fourth-order valence-corrected chi connectivity index (χ4v) is 3.56. The van der Waals surface area contributed by atoms with Crippen molar-refractivity contribution >= 4 is 5.69 Å². The lowest BCUT2D eigenvalue weighted by Gasteiger charge is -2.19. The molecule has 0 saturated heterocycles. The first-order valence-corrected chi connectivity index (χ1v) is 9.56. The van der Waals surface area contributed by atoms with E-state index in [4.69, 9.17) is 4.74 Å². The SMILES string of the molecule is Cc1cc(O)ccc1CC(C)c1cc(C)c(Oc2ccc([N+](=O)[O-])cc2)cc1C. The molecule has 3 aromatic rings. The lowest BCUT2D eigenvalue weighted by Crippen LogP contribution is -2.03. The van der Waals surface area contributed by atoms with E-state index in [-0.39, 0.29) is 5.69 Å². The molecule has 0 saturated carbocycles. The average Bonchev–Trinajstić information content (AvgIpc) is 2.67. The molecule has 0 spiro atoms. The Kier molecular flexibility index (Phi) is 5.87. The van der Waals surface area contributed by atoms with Crippen LogP contribution in [0.2, 0.25) is 0 Å². The van der Waals surface area contributed by atoms with Crippen LogP contribution in [-0.4, -0.2) is 10.0 Å². The molecule has 0 heterocycles. The molecular weight excluding hydrogens is 366 g/mol. The number of phenolic OH excluding ortho intramolecular Hbond substituents is 1. The molecule has 29 heavy (non-hydrogen) atoms. The Labute approximate surface area is 170 Å². The third-order valence-corrected chi connectivity index (χ3v) is 5.22. The molecule has 0 aromatic heterocycles. The quantitative estimate of drug-likeness (QED) is 0.392. The maximum absolute atomic E-state index is 10.8. The molecule has 1 unspecified atom stereocenters. The second-order valence-corrected chi connectivity index (χ2v) is 7.54. The summed E-state index contributed by atoms with van der Waals surface area (Å²) >= 11 is 0. The highest BCUT2D eigenvalue weighted by Gasteiger charge is 2.15. The summed E-state index contributed by atoms with van der Waals surface area (Å²) in [6.07, 6.45) is 0.884. The van der Waals surface area contributed by atoms with Gasteiger partial charge in [0.1, 0.15) is 17.2 Å². The van der Waals surface area contributed by atoms with Crippen LogP contribution in [-0.2, 0) is 6.42 Å². The van der Waals surface area contributed by atoms with Crippen molar-refractivity contribution in [3.63, 3.8) is 0 Å². The van der Waals surface area contributed by atoms with Crippen LogP contribution < -0.4 is 4.74 Å². The highest BCUT2D eigenvalue weighted by Crippen LogP contribution is 2.33. The smallest absolute Gasteiger partial charge is 0.269 e. The van der Waals surface area contributed by atoms with Crippen molar-refractivity contribution in [2.24, 2.45) is 0 Å². The monoisotopic (exact) mass is 391 g/mol. The minimum absolute atomic E-state index is 0.0407. The standard InChI is InChI=1S/C24H25NO4/c1-15-12-21(26)8-5-19(15)11-16(2)23-13-18(4)24(14-17(23)3)29-22-9-6-20(7-10-22)25(27)28/h5-10,12-14,16,26H,11H2,1-4H3. The van der Waals surface area contributed by atoms with Gasteiger partial charge in [-0.05, 0) is 91.3 Å². The number of aryl methyl sites for hydroxylation is 3. The number of aromatic hydroxyl groups is 1. The summed E-state index contributed by atoms with van der Waals surface area (Å²) in [5.74, 6) is 1.91. The van der Waals surface area contributed by atoms with Crippen molar-refractivity contribution in [1.29, 1.82) is 0 Å². The van der Waals surface area contributed by atoms with Gasteiger partial charge in [-0.15, -0.1) is 0 Å². The van der Waals surface area contributed by atoms with Gasteiger partial charge in [0.05, 0.1) is 4.92 Å². The van der Waals surface area contributed by atoms with Crippen molar-refractivity contribution in [3.05, 3.63) is 92.5 Å². The van der Waals surface area contributed by atoms with E-state index in [1.165, 1.54) is 23.3 Å². The zero-order valence-electron chi connectivity index (χ0n) is 17.1. The van der Waals surface area contributed by atoms with Crippen LogP contribution in [0.4, 0.5) is 5.69 Å². The number of nitrogens with zero attached hydrogens (tertiary/aromatic N) is 1. The summed E-state index contributed by atoms with van der Waals surface area (Å²) in [7, 11) is 0. The van der Waals surface area contributed by atoms with E-state index in [1.807, 2.05) is 26.0 Å². The first-order valence-electron chi connectivity index (χ1n) is 9.56. The van der Waals surface area contributed by atoms with Gasteiger partial charge in [0.25, 0.3) is 5.69 Å². The third kappa shape index (κ3) is 4.74. The van der Waals surface area contributed by atoms with Crippen molar-refractivity contribution < 1.29 is 14.8 Å². The van der Waals surface area contributed by atoms with Crippen molar-refractivity contribution in [1.82, 2.24) is 0 Å². The maximum atomic E-state index is 10.8. The number of nitro benzene ring substituents is 1. The first-order chi connectivity index (χ1) is 13.7. The summed E-state index contributed by atoms with van der Waals surface area (Å²) in [5, 5.41) is 20.4. The summed E-state index contributed by atoms with van der Waals surface area (Å²) in [5.41, 5.74) is 5.75. The van der Waals surface area contributed by atoms with E-state index in [0.717, 1.165) is 28.9 Å². The largest absolute Gasteiger partial charge is 0.508 e. The van der Waals surface area contributed by atoms with E-state index in [0.29, 0.717) is 17.4 Å². The molecule has 0 amide bonds. The van der Waals surface area contributed by atoms with Gasteiger partial charge in [-0.2, -0.15) is 0 Å². The van der Waals surface area contributed by atoms with Gasteiger partial charge >= 0.3 is 0 Å². The maximum Gasteiger partial charge on any atom is 0.269 e. The number of nitro groups is 1. The van der Waals surface area contributed by atoms with Gasteiger partial charge in [-0.3, -0.25) is 10.1 Å². The van der Waals surface area contributed by atoms with Crippen LogP contribution in [0.1, 0.15) is 40.7 Å². The number of non-ortho nitro benzene ring substituents is 1. The van der Waals surface area contributed by atoms with Crippen LogP contribution >= 0.6 is 0 Å². The van der Waals surface area contributed by atoms with Gasteiger partial charge in [0.15, 0.2) is 0 Å². The highest BCUT2D eigenvalue weighted by atomic mass is 16.6.